The number of halogens is 3. The van der Waals surface area contributed by atoms with Gasteiger partial charge in [0.05, 0.1) is 29.4 Å². The first-order valence-corrected chi connectivity index (χ1v) is 10.4. The van der Waals surface area contributed by atoms with E-state index in [1.54, 1.807) is 13.8 Å². The number of nitrogens with one attached hydrogen (secondary N) is 2. The zero-order chi connectivity index (χ0) is 22.5. The highest BCUT2D eigenvalue weighted by atomic mass is 32.2. The molecule has 2 N–H and O–H groups in total. The Balaban J connectivity index is 2.45. The number of hydrogen-bond acceptors (Lipinski definition) is 5. The molecule has 0 saturated heterocycles. The number of carbonyl (C=O) groups excluding carboxylic acids is 1. The highest BCUT2D eigenvalue weighted by Crippen LogP contribution is 2.38. The van der Waals surface area contributed by atoms with E-state index in [4.69, 9.17) is 9.47 Å². The molecule has 1 amide bonds. The van der Waals surface area contributed by atoms with E-state index in [2.05, 4.69) is 5.32 Å². The molecule has 2 rings (SSSR count). The van der Waals surface area contributed by atoms with Crippen molar-refractivity contribution >= 4 is 27.3 Å². The van der Waals surface area contributed by atoms with Crippen molar-refractivity contribution < 1.29 is 35.9 Å². The maximum Gasteiger partial charge on any atom is 0.418 e. The van der Waals surface area contributed by atoms with Crippen LogP contribution in [0.25, 0.3) is 0 Å². The van der Waals surface area contributed by atoms with Crippen LogP contribution in [0.15, 0.2) is 41.3 Å². The second-order valence-electron chi connectivity index (χ2n) is 6.02. The Kier molecular flexibility index (Phi) is 7.19. The van der Waals surface area contributed by atoms with Gasteiger partial charge in [0.1, 0.15) is 0 Å². The summed E-state index contributed by atoms with van der Waals surface area (Å²) in [6, 6.07) is 6.50. The van der Waals surface area contributed by atoms with E-state index in [1.807, 2.05) is 4.72 Å². The molecule has 0 radical (unpaired) electrons. The number of anilines is 2. The van der Waals surface area contributed by atoms with Crippen molar-refractivity contribution in [2.75, 3.05) is 23.3 Å². The summed E-state index contributed by atoms with van der Waals surface area (Å²) in [5, 5.41) is 2.23. The summed E-state index contributed by atoms with van der Waals surface area (Å²) in [6.07, 6.45) is -4.86. The minimum absolute atomic E-state index is 0.113. The third-order valence-electron chi connectivity index (χ3n) is 3.71. The van der Waals surface area contributed by atoms with E-state index in [0.717, 1.165) is 19.1 Å². The van der Waals surface area contributed by atoms with Gasteiger partial charge in [-0.05, 0) is 44.2 Å². The Labute approximate surface area is 172 Å². The van der Waals surface area contributed by atoms with Gasteiger partial charge >= 0.3 is 6.18 Å². The van der Waals surface area contributed by atoms with Crippen LogP contribution in [0.1, 0.15) is 26.3 Å². The van der Waals surface area contributed by atoms with Gasteiger partial charge in [-0.15, -0.1) is 0 Å². The first-order chi connectivity index (χ1) is 14.0. The minimum atomic E-state index is -4.86. The lowest BCUT2D eigenvalue weighted by molar-refractivity contribution is -0.136. The molecule has 0 aliphatic rings. The molecular weight excluding hydrogens is 425 g/mol. The fraction of sp³-hybridized carbons (Fsp3) is 0.316. The quantitative estimate of drug-likeness (QED) is 0.632. The Morgan fingerprint density at radius 1 is 1.00 bits per heavy atom. The molecule has 0 aliphatic carbocycles. The summed E-state index contributed by atoms with van der Waals surface area (Å²) < 4.78 is 78.5. The van der Waals surface area contributed by atoms with Crippen LogP contribution in [0.5, 0.6) is 11.5 Å². The average molecular weight is 446 g/mol. The van der Waals surface area contributed by atoms with Crippen molar-refractivity contribution in [3.63, 3.8) is 0 Å². The van der Waals surface area contributed by atoms with Gasteiger partial charge in [0.25, 0.3) is 10.0 Å². The van der Waals surface area contributed by atoms with E-state index in [-0.39, 0.29) is 22.9 Å². The van der Waals surface area contributed by atoms with Gasteiger partial charge in [-0.1, -0.05) is 0 Å². The normalized spacial score (nSPS) is 11.7. The number of carbonyl (C=O) groups is 1. The maximum atomic E-state index is 13.5. The third kappa shape index (κ3) is 5.78. The average Bonchev–Trinajstić information content (AvgIpc) is 2.63. The van der Waals surface area contributed by atoms with Crippen LogP contribution < -0.4 is 19.5 Å². The molecule has 0 spiro atoms. The Morgan fingerprint density at radius 3 is 2.20 bits per heavy atom. The van der Waals surface area contributed by atoms with Crippen LogP contribution >= 0.6 is 0 Å². The van der Waals surface area contributed by atoms with Crippen LogP contribution in [0.2, 0.25) is 0 Å². The number of amides is 1. The van der Waals surface area contributed by atoms with Gasteiger partial charge in [-0.25, -0.2) is 8.42 Å². The number of alkyl halides is 3. The van der Waals surface area contributed by atoms with E-state index < -0.39 is 33.4 Å². The van der Waals surface area contributed by atoms with E-state index in [9.17, 15) is 26.4 Å². The number of ether oxygens (including phenoxy) is 2. The molecule has 0 aromatic heterocycles. The Bertz CT molecular complexity index is 1020. The summed E-state index contributed by atoms with van der Waals surface area (Å²) in [5.74, 6) is -0.0949. The molecule has 0 unspecified atom stereocenters. The van der Waals surface area contributed by atoms with E-state index in [0.29, 0.717) is 18.4 Å². The number of sulfonamides is 1. The molecule has 0 aliphatic heterocycles. The van der Waals surface area contributed by atoms with E-state index >= 15 is 0 Å². The van der Waals surface area contributed by atoms with Crippen molar-refractivity contribution in [2.24, 2.45) is 0 Å². The lowest BCUT2D eigenvalue weighted by atomic mass is 10.1. The third-order valence-corrected chi connectivity index (χ3v) is 5.08. The van der Waals surface area contributed by atoms with Crippen molar-refractivity contribution in [3.05, 3.63) is 42.0 Å². The molecule has 11 heteroatoms. The highest BCUT2D eigenvalue weighted by Gasteiger charge is 2.35. The van der Waals surface area contributed by atoms with Crippen LogP contribution in [0, 0.1) is 0 Å². The second-order valence-corrected chi connectivity index (χ2v) is 7.70. The Hall–Kier alpha value is -2.95. The molecule has 0 saturated carbocycles. The molecule has 0 heterocycles. The largest absolute Gasteiger partial charge is 0.490 e. The van der Waals surface area contributed by atoms with Crippen molar-refractivity contribution in [3.8, 4) is 11.5 Å². The zero-order valence-electron chi connectivity index (χ0n) is 16.5. The second kappa shape index (κ2) is 9.24. The number of rotatable bonds is 8. The molecule has 7 nitrogen and oxygen atoms in total. The minimum Gasteiger partial charge on any atom is -0.490 e. The van der Waals surface area contributed by atoms with Crippen LogP contribution in [0.4, 0.5) is 24.5 Å². The fourth-order valence-electron chi connectivity index (χ4n) is 2.55. The summed E-state index contributed by atoms with van der Waals surface area (Å²) in [7, 11) is -4.38. The predicted octanol–water partition coefficient (Wildman–Crippen LogP) is 4.26. The highest BCUT2D eigenvalue weighted by molar-refractivity contribution is 7.92. The lowest BCUT2D eigenvalue weighted by Crippen LogP contribution is -2.18. The Morgan fingerprint density at radius 2 is 1.63 bits per heavy atom. The fourth-order valence-corrected chi connectivity index (χ4v) is 3.65. The van der Waals surface area contributed by atoms with Crippen molar-refractivity contribution in [2.45, 2.75) is 31.8 Å². The molecule has 164 valence electrons. The summed E-state index contributed by atoms with van der Waals surface area (Å²) >= 11 is 0. The standard InChI is InChI=1S/C19H21F3N2O5S/c1-4-28-17-9-7-14(11-18(17)29-5-2)30(26,27)24-16-8-6-13(23-12(3)25)10-15(16)19(20,21)22/h6-11,24H,4-5H2,1-3H3,(H,23,25). The van der Waals surface area contributed by atoms with E-state index in [1.165, 1.54) is 18.2 Å². The molecule has 0 fully saturated rings. The van der Waals surface area contributed by atoms with Gasteiger partial charge < -0.3 is 14.8 Å². The molecule has 2 aromatic rings. The topological polar surface area (TPSA) is 93.7 Å². The summed E-state index contributed by atoms with van der Waals surface area (Å²) in [5.41, 5.74) is -2.03. The van der Waals surface area contributed by atoms with Crippen LogP contribution in [-0.4, -0.2) is 27.5 Å². The first kappa shape index (κ1) is 23.3. The smallest absolute Gasteiger partial charge is 0.418 e. The van der Waals surface area contributed by atoms with Crippen LogP contribution in [-0.2, 0) is 21.0 Å². The van der Waals surface area contributed by atoms with Gasteiger partial charge in [-0.3, -0.25) is 9.52 Å². The van der Waals surface area contributed by atoms with Gasteiger partial charge in [0.15, 0.2) is 11.5 Å². The lowest BCUT2D eigenvalue weighted by Gasteiger charge is -2.17. The molecule has 2 aromatic carbocycles. The first-order valence-electron chi connectivity index (χ1n) is 8.89. The molecule has 0 bridgehead atoms. The van der Waals surface area contributed by atoms with Gasteiger partial charge in [0, 0.05) is 18.7 Å². The van der Waals surface area contributed by atoms with Gasteiger partial charge in [-0.2, -0.15) is 13.2 Å². The SMILES string of the molecule is CCOc1ccc(S(=O)(=O)Nc2ccc(NC(C)=O)cc2C(F)(F)F)cc1OCC. The van der Waals surface area contributed by atoms with Crippen LogP contribution in [0.3, 0.4) is 0 Å². The monoisotopic (exact) mass is 446 g/mol. The molecule has 0 atom stereocenters. The summed E-state index contributed by atoms with van der Waals surface area (Å²) in [4.78, 5) is 10.8. The number of benzene rings is 2. The van der Waals surface area contributed by atoms with Crippen molar-refractivity contribution in [1.82, 2.24) is 0 Å². The van der Waals surface area contributed by atoms with Crippen molar-refractivity contribution in [1.29, 1.82) is 0 Å². The zero-order valence-corrected chi connectivity index (χ0v) is 17.3. The predicted molar refractivity (Wildman–Crippen MR) is 105 cm³/mol. The molecular formula is C19H21F3N2O5S. The number of hydrogen-bond donors (Lipinski definition) is 2. The maximum absolute atomic E-state index is 13.5. The summed E-state index contributed by atoms with van der Waals surface area (Å²) in [6.45, 7) is 5.14. The van der Waals surface area contributed by atoms with Gasteiger partial charge in [0.2, 0.25) is 5.91 Å². The molecule has 30 heavy (non-hydrogen) atoms.